The van der Waals surface area contributed by atoms with Gasteiger partial charge in [0.15, 0.2) is 0 Å². The fraction of sp³-hybridized carbons (Fsp3) is 0.706. The van der Waals surface area contributed by atoms with Crippen LogP contribution in [0.5, 0.6) is 0 Å². The summed E-state index contributed by atoms with van der Waals surface area (Å²) in [6.07, 6.45) is 9.07. The Balaban J connectivity index is 1.91. The van der Waals surface area contributed by atoms with E-state index in [9.17, 15) is 0 Å². The van der Waals surface area contributed by atoms with Crippen molar-refractivity contribution >= 4 is 0 Å². The van der Waals surface area contributed by atoms with E-state index in [1.54, 1.807) is 5.57 Å². The normalized spacial score (nSPS) is 24.2. The second kappa shape index (κ2) is 7.23. The molecule has 0 bridgehead atoms. The van der Waals surface area contributed by atoms with Crippen LogP contribution < -0.4 is 5.32 Å². The summed E-state index contributed by atoms with van der Waals surface area (Å²) in [7, 11) is 6.24. The molecule has 1 heterocycles. The molecule has 0 fully saturated rings. The van der Waals surface area contributed by atoms with Gasteiger partial charge in [-0.25, -0.2) is 0 Å². The molecule has 0 unspecified atom stereocenters. The van der Waals surface area contributed by atoms with Gasteiger partial charge in [-0.15, -0.1) is 0 Å². The number of hydrogen-bond donors (Lipinski definition) is 1. The van der Waals surface area contributed by atoms with Crippen molar-refractivity contribution < 1.29 is 0 Å². The molecule has 4 heteroatoms. The average molecular weight is 290 g/mol. The maximum Gasteiger partial charge on any atom is 0.0538 e. The molecule has 0 saturated heterocycles. The fourth-order valence-corrected chi connectivity index (χ4v) is 3.32. The minimum atomic E-state index is 0.377. The third kappa shape index (κ3) is 4.17. The predicted molar refractivity (Wildman–Crippen MR) is 88.2 cm³/mol. The van der Waals surface area contributed by atoms with E-state index in [0.29, 0.717) is 12.0 Å². The van der Waals surface area contributed by atoms with E-state index in [4.69, 9.17) is 0 Å². The van der Waals surface area contributed by atoms with Crippen LogP contribution >= 0.6 is 0 Å². The summed E-state index contributed by atoms with van der Waals surface area (Å²) in [5.41, 5.74) is 2.84. The van der Waals surface area contributed by atoms with E-state index in [1.165, 1.54) is 18.4 Å². The lowest BCUT2D eigenvalue weighted by molar-refractivity contribution is 0.274. The van der Waals surface area contributed by atoms with E-state index < -0.39 is 0 Å². The predicted octanol–water partition coefficient (Wildman–Crippen LogP) is 2.60. The number of rotatable bonds is 6. The molecule has 1 aromatic rings. The average Bonchev–Trinajstić information content (AvgIpc) is 2.83. The van der Waals surface area contributed by atoms with Crippen molar-refractivity contribution in [1.82, 2.24) is 20.0 Å². The Morgan fingerprint density at radius 1 is 1.48 bits per heavy atom. The van der Waals surface area contributed by atoms with Gasteiger partial charge >= 0.3 is 0 Å². The van der Waals surface area contributed by atoms with Gasteiger partial charge in [-0.05, 0) is 45.7 Å². The van der Waals surface area contributed by atoms with Crippen LogP contribution in [0.2, 0.25) is 0 Å². The van der Waals surface area contributed by atoms with Gasteiger partial charge in [0.1, 0.15) is 0 Å². The zero-order valence-electron chi connectivity index (χ0n) is 14.1. The van der Waals surface area contributed by atoms with E-state index in [1.807, 2.05) is 17.9 Å². The van der Waals surface area contributed by atoms with Crippen molar-refractivity contribution in [2.45, 2.75) is 32.7 Å². The van der Waals surface area contributed by atoms with Crippen LogP contribution in [0.3, 0.4) is 0 Å². The van der Waals surface area contributed by atoms with Gasteiger partial charge < -0.3 is 10.2 Å². The van der Waals surface area contributed by atoms with Crippen LogP contribution in [-0.2, 0) is 7.05 Å². The lowest BCUT2D eigenvalue weighted by Gasteiger charge is -2.30. The molecule has 1 N–H and O–H groups in total. The molecule has 0 aromatic carbocycles. The summed E-state index contributed by atoms with van der Waals surface area (Å²) in [6, 6.07) is 0.377. The van der Waals surface area contributed by atoms with Crippen LogP contribution in [0.4, 0.5) is 0 Å². The van der Waals surface area contributed by atoms with Gasteiger partial charge in [0.2, 0.25) is 0 Å². The first kappa shape index (κ1) is 16.2. The Bertz CT molecular complexity index is 475. The molecule has 21 heavy (non-hydrogen) atoms. The first-order chi connectivity index (χ1) is 9.99. The third-order valence-electron chi connectivity index (χ3n) is 4.79. The minimum Gasteiger partial charge on any atom is -0.314 e. The fourth-order valence-electron chi connectivity index (χ4n) is 3.32. The third-order valence-corrected chi connectivity index (χ3v) is 4.79. The zero-order chi connectivity index (χ0) is 15.4. The number of allylic oxidation sites excluding steroid dienone is 1. The number of hydrogen-bond acceptors (Lipinski definition) is 3. The smallest absolute Gasteiger partial charge is 0.0538 e. The van der Waals surface area contributed by atoms with Crippen LogP contribution in [0, 0.1) is 11.8 Å². The Morgan fingerprint density at radius 2 is 2.24 bits per heavy atom. The highest BCUT2D eigenvalue weighted by Gasteiger charge is 2.22. The molecule has 4 nitrogen and oxygen atoms in total. The van der Waals surface area contributed by atoms with Crippen molar-refractivity contribution in [2.75, 3.05) is 27.2 Å². The second-order valence-electron chi connectivity index (χ2n) is 6.69. The molecule has 2 rings (SSSR count). The molecular formula is C17H30N4. The SMILES string of the molecule is CC1=CCC[C@H](C)[C@@H]1CNC[C@@H](c1cnn(C)c1)N(C)C. The molecule has 0 aliphatic heterocycles. The van der Waals surface area contributed by atoms with Crippen molar-refractivity contribution in [1.29, 1.82) is 0 Å². The molecule has 0 saturated carbocycles. The maximum absolute atomic E-state index is 4.30. The summed E-state index contributed by atoms with van der Waals surface area (Å²) in [6.45, 7) is 6.71. The van der Waals surface area contributed by atoms with Gasteiger partial charge in [0.05, 0.1) is 6.20 Å². The Labute approximate surface area is 129 Å². The summed E-state index contributed by atoms with van der Waals surface area (Å²) >= 11 is 0. The van der Waals surface area contributed by atoms with Crippen molar-refractivity contribution in [2.24, 2.45) is 18.9 Å². The van der Waals surface area contributed by atoms with Crippen LogP contribution in [-0.4, -0.2) is 41.9 Å². The van der Waals surface area contributed by atoms with Crippen LogP contribution in [0.1, 0.15) is 38.3 Å². The van der Waals surface area contributed by atoms with E-state index >= 15 is 0 Å². The summed E-state index contributed by atoms with van der Waals surface area (Å²) in [5, 5.41) is 7.98. The van der Waals surface area contributed by atoms with Gasteiger partial charge in [-0.3, -0.25) is 4.68 Å². The number of nitrogens with zero attached hydrogens (tertiary/aromatic N) is 3. The van der Waals surface area contributed by atoms with E-state index in [0.717, 1.165) is 19.0 Å². The molecule has 118 valence electrons. The zero-order valence-corrected chi connectivity index (χ0v) is 14.1. The van der Waals surface area contributed by atoms with Crippen LogP contribution in [0.25, 0.3) is 0 Å². The van der Waals surface area contributed by atoms with Crippen LogP contribution in [0.15, 0.2) is 24.0 Å². The number of aromatic nitrogens is 2. The maximum atomic E-state index is 4.30. The Kier molecular flexibility index (Phi) is 5.59. The van der Waals surface area contributed by atoms with Gasteiger partial charge in [0.25, 0.3) is 0 Å². The van der Waals surface area contributed by atoms with E-state index in [-0.39, 0.29) is 0 Å². The molecule has 1 aliphatic carbocycles. The first-order valence-electron chi connectivity index (χ1n) is 8.01. The summed E-state index contributed by atoms with van der Waals surface area (Å²) < 4.78 is 1.88. The highest BCUT2D eigenvalue weighted by atomic mass is 15.2. The molecule has 1 aliphatic rings. The van der Waals surface area contributed by atoms with Crippen molar-refractivity contribution in [3.05, 3.63) is 29.6 Å². The largest absolute Gasteiger partial charge is 0.314 e. The lowest BCUT2D eigenvalue weighted by Crippen LogP contribution is -2.36. The summed E-state index contributed by atoms with van der Waals surface area (Å²) in [5.74, 6) is 1.48. The standard InChI is InChI=1S/C17H30N4/c1-13-7-6-8-14(2)16(13)10-18-11-17(20(3)4)15-9-19-21(5)12-15/h7,9,12,14,16-18H,6,8,10-11H2,1-5H3/t14-,16+,17-/m0/s1. The molecule has 0 radical (unpaired) electrons. The van der Waals surface area contributed by atoms with Gasteiger partial charge in [0, 0.05) is 37.9 Å². The number of likely N-dealkylation sites (N-methyl/N-ethyl adjacent to an activating group) is 1. The topological polar surface area (TPSA) is 33.1 Å². The monoisotopic (exact) mass is 290 g/mol. The molecule has 0 spiro atoms. The van der Waals surface area contributed by atoms with Gasteiger partial charge in [-0.2, -0.15) is 5.10 Å². The lowest BCUT2D eigenvalue weighted by atomic mass is 9.80. The molecule has 3 atom stereocenters. The molecule has 0 amide bonds. The Morgan fingerprint density at radius 3 is 2.81 bits per heavy atom. The highest BCUT2D eigenvalue weighted by molar-refractivity contribution is 5.12. The highest BCUT2D eigenvalue weighted by Crippen LogP contribution is 2.29. The van der Waals surface area contributed by atoms with Crippen molar-refractivity contribution in [3.63, 3.8) is 0 Å². The van der Waals surface area contributed by atoms with E-state index in [2.05, 4.69) is 55.5 Å². The quantitative estimate of drug-likeness (QED) is 0.818. The first-order valence-corrected chi connectivity index (χ1v) is 8.01. The van der Waals surface area contributed by atoms with Gasteiger partial charge in [-0.1, -0.05) is 18.6 Å². The number of aryl methyl sites for hydroxylation is 1. The summed E-state index contributed by atoms with van der Waals surface area (Å²) in [4.78, 5) is 2.26. The second-order valence-corrected chi connectivity index (χ2v) is 6.69. The number of nitrogens with one attached hydrogen (secondary N) is 1. The van der Waals surface area contributed by atoms with Crippen molar-refractivity contribution in [3.8, 4) is 0 Å². The Hall–Kier alpha value is -1.13. The molecular weight excluding hydrogens is 260 g/mol. The minimum absolute atomic E-state index is 0.377. The molecule has 1 aromatic heterocycles.